The maximum Gasteiger partial charge on any atom is 0.254 e. The zero-order valence-corrected chi connectivity index (χ0v) is 13.9. The third kappa shape index (κ3) is 2.84. The van der Waals surface area contributed by atoms with E-state index in [0.29, 0.717) is 36.1 Å². The predicted octanol–water partition coefficient (Wildman–Crippen LogP) is 2.07. The number of amides is 1. The maximum atomic E-state index is 13.0. The summed E-state index contributed by atoms with van der Waals surface area (Å²) in [5.74, 6) is 1.85. The van der Waals surface area contributed by atoms with Crippen LogP contribution in [0.1, 0.15) is 30.1 Å². The second kappa shape index (κ2) is 6.61. The highest BCUT2D eigenvalue weighted by atomic mass is 16.7. The van der Waals surface area contributed by atoms with Gasteiger partial charge in [0.25, 0.3) is 5.91 Å². The van der Waals surface area contributed by atoms with Crippen LogP contribution in [0.4, 0.5) is 0 Å². The van der Waals surface area contributed by atoms with Gasteiger partial charge in [0.1, 0.15) is 0 Å². The topological polar surface area (TPSA) is 57.2 Å². The van der Waals surface area contributed by atoms with Crippen molar-refractivity contribution in [3.8, 4) is 11.5 Å². The van der Waals surface area contributed by atoms with E-state index in [-0.39, 0.29) is 24.8 Å². The van der Waals surface area contributed by atoms with Gasteiger partial charge in [-0.1, -0.05) is 0 Å². The van der Waals surface area contributed by atoms with Crippen molar-refractivity contribution < 1.29 is 23.7 Å². The minimum Gasteiger partial charge on any atom is -0.454 e. The van der Waals surface area contributed by atoms with Gasteiger partial charge in [-0.2, -0.15) is 0 Å². The van der Waals surface area contributed by atoms with Crippen molar-refractivity contribution in [1.82, 2.24) is 4.90 Å². The highest BCUT2D eigenvalue weighted by Gasteiger charge is 2.43. The molecule has 0 aromatic heterocycles. The molecule has 1 amide bonds. The number of carbonyl (C=O) groups excluding carboxylic acids is 1. The van der Waals surface area contributed by atoms with Gasteiger partial charge in [0.15, 0.2) is 11.5 Å². The number of fused-ring (bicyclic) bond motifs is 2. The van der Waals surface area contributed by atoms with Crippen molar-refractivity contribution in [2.24, 2.45) is 5.92 Å². The van der Waals surface area contributed by atoms with Crippen LogP contribution in [0.3, 0.4) is 0 Å². The summed E-state index contributed by atoms with van der Waals surface area (Å²) >= 11 is 0. The van der Waals surface area contributed by atoms with Crippen molar-refractivity contribution in [2.75, 3.05) is 33.2 Å². The fraction of sp³-hybridized carbons (Fsp3) is 0.611. The second-order valence-corrected chi connectivity index (χ2v) is 6.54. The van der Waals surface area contributed by atoms with Crippen LogP contribution < -0.4 is 9.47 Å². The van der Waals surface area contributed by atoms with Crippen LogP contribution >= 0.6 is 0 Å². The Morgan fingerprint density at radius 2 is 2.17 bits per heavy atom. The Labute approximate surface area is 141 Å². The number of hydrogen-bond donors (Lipinski definition) is 0. The standard InChI is InChI=1S/C18H23NO5/c1-2-21-10-12-7-14-16(8-12)22-6-5-19(14)18(20)13-3-4-15-17(9-13)24-11-23-15/h3-4,9,12,14,16H,2,5-8,10-11H2,1H3/t12-,14-,16-/m0/s1. The van der Waals surface area contributed by atoms with Gasteiger partial charge >= 0.3 is 0 Å². The van der Waals surface area contributed by atoms with Crippen molar-refractivity contribution in [3.63, 3.8) is 0 Å². The van der Waals surface area contributed by atoms with Gasteiger partial charge in [-0.25, -0.2) is 0 Å². The Kier molecular flexibility index (Phi) is 4.33. The molecule has 1 aromatic rings. The lowest BCUT2D eigenvalue weighted by atomic mass is 10.1. The number of ether oxygens (including phenoxy) is 4. The van der Waals surface area contributed by atoms with E-state index < -0.39 is 0 Å². The Bertz CT molecular complexity index is 619. The molecule has 24 heavy (non-hydrogen) atoms. The van der Waals surface area contributed by atoms with Crippen LogP contribution in [0.5, 0.6) is 11.5 Å². The first-order valence-corrected chi connectivity index (χ1v) is 8.66. The monoisotopic (exact) mass is 333 g/mol. The average Bonchev–Trinajstić information content (AvgIpc) is 3.24. The highest BCUT2D eigenvalue weighted by molar-refractivity contribution is 5.95. The van der Waals surface area contributed by atoms with Crippen LogP contribution in [0.2, 0.25) is 0 Å². The summed E-state index contributed by atoms with van der Waals surface area (Å²) in [6.07, 6.45) is 2.04. The molecule has 4 rings (SSSR count). The first kappa shape index (κ1) is 15.7. The first-order valence-electron chi connectivity index (χ1n) is 8.66. The lowest BCUT2D eigenvalue weighted by molar-refractivity contribution is -0.0450. The number of benzene rings is 1. The van der Waals surface area contributed by atoms with E-state index in [4.69, 9.17) is 18.9 Å². The molecular formula is C18H23NO5. The van der Waals surface area contributed by atoms with Crippen molar-refractivity contribution in [2.45, 2.75) is 31.9 Å². The summed E-state index contributed by atoms with van der Waals surface area (Å²) in [5.41, 5.74) is 0.646. The van der Waals surface area contributed by atoms with Crippen molar-refractivity contribution in [1.29, 1.82) is 0 Å². The Morgan fingerprint density at radius 3 is 3.04 bits per heavy atom. The molecule has 130 valence electrons. The average molecular weight is 333 g/mol. The lowest BCUT2D eigenvalue weighted by Gasteiger charge is -2.37. The van der Waals surface area contributed by atoms with E-state index in [0.717, 1.165) is 26.1 Å². The summed E-state index contributed by atoms with van der Waals surface area (Å²) in [4.78, 5) is 15.0. The molecule has 1 saturated carbocycles. The molecule has 6 nitrogen and oxygen atoms in total. The Hall–Kier alpha value is -1.79. The first-order chi connectivity index (χ1) is 11.8. The Morgan fingerprint density at radius 1 is 1.29 bits per heavy atom. The zero-order valence-electron chi connectivity index (χ0n) is 13.9. The summed E-state index contributed by atoms with van der Waals surface area (Å²) in [5, 5.41) is 0. The number of rotatable bonds is 4. The number of carbonyl (C=O) groups is 1. The molecule has 0 N–H and O–H groups in total. The molecule has 2 aliphatic heterocycles. The molecule has 0 bridgehead atoms. The minimum absolute atomic E-state index is 0.0451. The molecule has 2 fully saturated rings. The fourth-order valence-corrected chi connectivity index (χ4v) is 3.92. The van der Waals surface area contributed by atoms with Gasteiger partial charge in [0.05, 0.1) is 18.8 Å². The summed E-state index contributed by atoms with van der Waals surface area (Å²) in [7, 11) is 0. The largest absolute Gasteiger partial charge is 0.454 e. The number of nitrogens with zero attached hydrogens (tertiary/aromatic N) is 1. The van der Waals surface area contributed by atoms with E-state index in [2.05, 4.69) is 0 Å². The maximum absolute atomic E-state index is 13.0. The molecular weight excluding hydrogens is 310 g/mol. The molecule has 3 aliphatic rings. The van der Waals surface area contributed by atoms with Gasteiger partial charge in [-0.15, -0.1) is 0 Å². The number of hydrogen-bond acceptors (Lipinski definition) is 5. The molecule has 6 heteroatoms. The fourth-order valence-electron chi connectivity index (χ4n) is 3.92. The van der Waals surface area contributed by atoms with Crippen LogP contribution in [-0.4, -0.2) is 56.1 Å². The highest BCUT2D eigenvalue weighted by Crippen LogP contribution is 2.37. The third-order valence-electron chi connectivity index (χ3n) is 5.07. The van der Waals surface area contributed by atoms with Crippen LogP contribution in [0.25, 0.3) is 0 Å². The third-order valence-corrected chi connectivity index (χ3v) is 5.07. The van der Waals surface area contributed by atoms with Crippen LogP contribution in [0, 0.1) is 5.92 Å². The zero-order chi connectivity index (χ0) is 16.5. The predicted molar refractivity (Wildman–Crippen MR) is 86.3 cm³/mol. The van der Waals surface area contributed by atoms with E-state index in [1.165, 1.54) is 0 Å². The van der Waals surface area contributed by atoms with Gasteiger partial charge < -0.3 is 23.8 Å². The minimum atomic E-state index is 0.0451. The molecule has 0 radical (unpaired) electrons. The molecule has 3 atom stereocenters. The second-order valence-electron chi connectivity index (χ2n) is 6.54. The molecule has 0 unspecified atom stereocenters. The quantitative estimate of drug-likeness (QED) is 0.844. The van der Waals surface area contributed by atoms with E-state index in [1.807, 2.05) is 17.9 Å². The van der Waals surface area contributed by atoms with Crippen LogP contribution in [-0.2, 0) is 9.47 Å². The summed E-state index contributed by atoms with van der Waals surface area (Å²) < 4.78 is 22.2. The Balaban J connectivity index is 1.49. The number of morpholine rings is 1. The van der Waals surface area contributed by atoms with E-state index in [1.54, 1.807) is 12.1 Å². The molecule has 1 saturated heterocycles. The smallest absolute Gasteiger partial charge is 0.254 e. The molecule has 1 aromatic carbocycles. The molecule has 2 heterocycles. The summed E-state index contributed by atoms with van der Waals surface area (Å²) in [6, 6.07) is 5.54. The van der Waals surface area contributed by atoms with E-state index in [9.17, 15) is 4.79 Å². The summed E-state index contributed by atoms with van der Waals surface area (Å²) in [6.45, 7) is 4.93. The van der Waals surface area contributed by atoms with E-state index >= 15 is 0 Å². The molecule has 0 spiro atoms. The van der Waals surface area contributed by atoms with Crippen molar-refractivity contribution >= 4 is 5.91 Å². The van der Waals surface area contributed by atoms with Crippen LogP contribution in [0.15, 0.2) is 18.2 Å². The van der Waals surface area contributed by atoms with Gasteiger partial charge in [0.2, 0.25) is 6.79 Å². The van der Waals surface area contributed by atoms with Gasteiger partial charge in [0, 0.05) is 25.3 Å². The van der Waals surface area contributed by atoms with Crippen molar-refractivity contribution in [3.05, 3.63) is 23.8 Å². The lowest BCUT2D eigenvalue weighted by Crippen LogP contribution is -2.51. The normalized spacial score (nSPS) is 28.0. The SMILES string of the molecule is CCOC[C@@H]1C[C@@H]2OCCN(C(=O)c3ccc4c(c3)OCO4)[C@H]2C1. The molecule has 1 aliphatic carbocycles. The van der Waals surface area contributed by atoms with Gasteiger partial charge in [-0.3, -0.25) is 4.79 Å². The van der Waals surface area contributed by atoms with Gasteiger partial charge in [-0.05, 0) is 43.9 Å².